The fourth-order valence-electron chi connectivity index (χ4n) is 2.67. The highest BCUT2D eigenvalue weighted by molar-refractivity contribution is 6.01. The molecule has 1 heterocycles. The van der Waals surface area contributed by atoms with E-state index < -0.39 is 0 Å². The predicted octanol–water partition coefficient (Wildman–Crippen LogP) is 1.64. The Morgan fingerprint density at radius 2 is 2.12 bits per heavy atom. The third kappa shape index (κ3) is 1.84. The van der Waals surface area contributed by atoms with Gasteiger partial charge < -0.3 is 16.2 Å². The molecule has 1 aromatic carbocycles. The maximum Gasteiger partial charge on any atom is 0.138 e. The van der Waals surface area contributed by atoms with Gasteiger partial charge in [-0.25, -0.2) is 0 Å². The Kier molecular flexibility index (Phi) is 2.42. The Labute approximate surface area is 101 Å². The van der Waals surface area contributed by atoms with E-state index in [1.807, 2.05) is 6.07 Å². The molecule has 90 valence electrons. The highest BCUT2D eigenvalue weighted by Gasteiger charge is 2.31. The van der Waals surface area contributed by atoms with Crippen molar-refractivity contribution in [1.29, 1.82) is 0 Å². The van der Waals surface area contributed by atoms with Crippen LogP contribution in [0.25, 0.3) is 0 Å². The number of nitrogens with one attached hydrogen (secondary N) is 1. The molecule has 2 aliphatic rings. The van der Waals surface area contributed by atoms with Gasteiger partial charge in [-0.15, -0.1) is 0 Å². The molecule has 1 aromatic rings. The Balaban J connectivity index is 1.87. The lowest BCUT2D eigenvalue weighted by Gasteiger charge is -2.23. The van der Waals surface area contributed by atoms with Gasteiger partial charge in [0.1, 0.15) is 11.6 Å². The third-order valence-corrected chi connectivity index (χ3v) is 3.65. The summed E-state index contributed by atoms with van der Waals surface area (Å²) in [6.45, 7) is 0. The number of hydrogen-bond acceptors (Lipinski definition) is 4. The van der Waals surface area contributed by atoms with Gasteiger partial charge in [-0.05, 0) is 31.0 Å². The molecule has 4 N–H and O–H groups in total. The number of amidine groups is 1. The van der Waals surface area contributed by atoms with Gasteiger partial charge >= 0.3 is 0 Å². The molecule has 0 aromatic heterocycles. The van der Waals surface area contributed by atoms with Gasteiger partial charge in [0.25, 0.3) is 0 Å². The highest BCUT2D eigenvalue weighted by atomic mass is 16.3. The zero-order valence-corrected chi connectivity index (χ0v) is 9.69. The molecule has 0 amide bonds. The lowest BCUT2D eigenvalue weighted by Crippen LogP contribution is -2.37. The Bertz CT molecular complexity index is 470. The van der Waals surface area contributed by atoms with Crippen molar-refractivity contribution in [3.63, 3.8) is 0 Å². The highest BCUT2D eigenvalue weighted by Crippen LogP contribution is 2.27. The number of aliphatic imine (C=N–C) groups is 1. The number of nitrogens with zero attached hydrogens (tertiary/aromatic N) is 1. The standard InChI is InChI=1S/C13H17N3O/c14-9-7-8(5-6-12(9)17)13-15-10-3-1-2-4-11(10)16-13/h5-7,10-11,17H,1-4,14H2,(H,15,16)/t10-,11+. The van der Waals surface area contributed by atoms with Crippen molar-refractivity contribution in [2.75, 3.05) is 5.73 Å². The predicted molar refractivity (Wildman–Crippen MR) is 68.2 cm³/mol. The fourth-order valence-corrected chi connectivity index (χ4v) is 2.67. The van der Waals surface area contributed by atoms with Crippen LogP contribution in [0.4, 0.5) is 5.69 Å². The van der Waals surface area contributed by atoms with Crippen molar-refractivity contribution >= 4 is 11.5 Å². The molecular formula is C13H17N3O. The van der Waals surface area contributed by atoms with E-state index in [-0.39, 0.29) is 5.75 Å². The second kappa shape index (κ2) is 3.95. The summed E-state index contributed by atoms with van der Waals surface area (Å²) in [6.07, 6.45) is 4.94. The zero-order valence-electron chi connectivity index (χ0n) is 9.69. The first kappa shape index (κ1) is 10.4. The number of anilines is 1. The smallest absolute Gasteiger partial charge is 0.138 e. The minimum absolute atomic E-state index is 0.129. The summed E-state index contributed by atoms with van der Waals surface area (Å²) in [6, 6.07) is 6.17. The summed E-state index contributed by atoms with van der Waals surface area (Å²) in [4.78, 5) is 4.72. The molecule has 17 heavy (non-hydrogen) atoms. The van der Waals surface area contributed by atoms with Crippen LogP contribution in [0.5, 0.6) is 5.75 Å². The summed E-state index contributed by atoms with van der Waals surface area (Å²) in [7, 11) is 0. The van der Waals surface area contributed by atoms with E-state index in [1.165, 1.54) is 25.7 Å². The van der Waals surface area contributed by atoms with Crippen LogP contribution in [0.15, 0.2) is 23.2 Å². The molecule has 4 nitrogen and oxygen atoms in total. The maximum atomic E-state index is 9.41. The van der Waals surface area contributed by atoms with Gasteiger partial charge in [0.15, 0.2) is 0 Å². The van der Waals surface area contributed by atoms with Crippen LogP contribution in [0.2, 0.25) is 0 Å². The number of phenolic OH excluding ortho intramolecular Hbond substituents is 1. The first-order chi connectivity index (χ1) is 8.24. The first-order valence-electron chi connectivity index (χ1n) is 6.17. The number of fused-ring (bicyclic) bond motifs is 1. The summed E-state index contributed by atoms with van der Waals surface area (Å²) in [5.74, 6) is 1.05. The van der Waals surface area contributed by atoms with Crippen LogP contribution in [0, 0.1) is 0 Å². The van der Waals surface area contributed by atoms with Crippen molar-refractivity contribution in [2.45, 2.75) is 37.8 Å². The van der Waals surface area contributed by atoms with E-state index in [9.17, 15) is 5.11 Å². The van der Waals surface area contributed by atoms with Crippen molar-refractivity contribution in [2.24, 2.45) is 4.99 Å². The molecule has 1 aliphatic carbocycles. The van der Waals surface area contributed by atoms with Crippen molar-refractivity contribution < 1.29 is 5.11 Å². The van der Waals surface area contributed by atoms with E-state index in [0.29, 0.717) is 17.8 Å². The van der Waals surface area contributed by atoms with E-state index in [2.05, 4.69) is 5.32 Å². The van der Waals surface area contributed by atoms with Gasteiger partial charge in [-0.3, -0.25) is 4.99 Å². The minimum Gasteiger partial charge on any atom is -0.506 e. The van der Waals surface area contributed by atoms with Crippen LogP contribution in [0.1, 0.15) is 31.2 Å². The average molecular weight is 231 g/mol. The maximum absolute atomic E-state index is 9.41. The zero-order chi connectivity index (χ0) is 11.8. The molecule has 1 saturated carbocycles. The lowest BCUT2D eigenvalue weighted by atomic mass is 9.92. The average Bonchev–Trinajstić information content (AvgIpc) is 2.76. The number of nitrogens with two attached hydrogens (primary N) is 1. The van der Waals surface area contributed by atoms with Crippen LogP contribution >= 0.6 is 0 Å². The van der Waals surface area contributed by atoms with Crippen molar-refractivity contribution in [3.8, 4) is 5.75 Å². The molecule has 1 fully saturated rings. The number of hydrogen-bond donors (Lipinski definition) is 3. The van der Waals surface area contributed by atoms with Gasteiger partial charge in [0.05, 0.1) is 11.7 Å². The molecule has 3 rings (SSSR count). The van der Waals surface area contributed by atoms with Gasteiger partial charge in [0, 0.05) is 11.6 Å². The molecule has 0 unspecified atom stereocenters. The molecule has 1 aliphatic heterocycles. The molecule has 0 radical (unpaired) electrons. The van der Waals surface area contributed by atoms with Crippen molar-refractivity contribution in [1.82, 2.24) is 5.32 Å². The van der Waals surface area contributed by atoms with Gasteiger partial charge in [-0.2, -0.15) is 0 Å². The summed E-state index contributed by atoms with van der Waals surface area (Å²) in [5, 5.41) is 12.9. The molecule has 4 heteroatoms. The summed E-state index contributed by atoms with van der Waals surface area (Å²) >= 11 is 0. The second-order valence-corrected chi connectivity index (χ2v) is 4.85. The normalized spacial score (nSPS) is 27.2. The second-order valence-electron chi connectivity index (χ2n) is 4.85. The number of rotatable bonds is 1. The topological polar surface area (TPSA) is 70.6 Å². The summed E-state index contributed by atoms with van der Waals surface area (Å²) < 4.78 is 0. The van der Waals surface area contributed by atoms with E-state index in [1.54, 1.807) is 12.1 Å². The van der Waals surface area contributed by atoms with E-state index >= 15 is 0 Å². The molecular weight excluding hydrogens is 214 g/mol. The molecule has 0 bridgehead atoms. The van der Waals surface area contributed by atoms with Gasteiger partial charge in [0.2, 0.25) is 0 Å². The fraction of sp³-hybridized carbons (Fsp3) is 0.462. The number of aromatic hydroxyl groups is 1. The van der Waals surface area contributed by atoms with Crippen LogP contribution in [-0.4, -0.2) is 23.0 Å². The SMILES string of the molecule is Nc1cc(C2=N[C@@H]3CCCC[C@@H]3N2)ccc1O. The minimum atomic E-state index is 0.129. The summed E-state index contributed by atoms with van der Waals surface area (Å²) in [5.41, 5.74) is 7.07. The van der Waals surface area contributed by atoms with Crippen LogP contribution in [-0.2, 0) is 0 Å². The van der Waals surface area contributed by atoms with E-state index in [0.717, 1.165) is 11.4 Å². The lowest BCUT2D eigenvalue weighted by molar-refractivity contribution is 0.385. The quantitative estimate of drug-likeness (QED) is 0.508. The Morgan fingerprint density at radius 1 is 1.29 bits per heavy atom. The number of benzene rings is 1. The molecule has 0 spiro atoms. The molecule has 0 saturated heterocycles. The van der Waals surface area contributed by atoms with E-state index in [4.69, 9.17) is 10.7 Å². The van der Waals surface area contributed by atoms with Crippen LogP contribution in [0.3, 0.4) is 0 Å². The Hall–Kier alpha value is -1.71. The Morgan fingerprint density at radius 3 is 2.88 bits per heavy atom. The van der Waals surface area contributed by atoms with Gasteiger partial charge in [-0.1, -0.05) is 12.8 Å². The third-order valence-electron chi connectivity index (χ3n) is 3.65. The van der Waals surface area contributed by atoms with Crippen LogP contribution < -0.4 is 11.1 Å². The first-order valence-corrected chi connectivity index (χ1v) is 6.17. The molecule has 2 atom stereocenters. The monoisotopic (exact) mass is 231 g/mol. The largest absolute Gasteiger partial charge is 0.506 e. The number of nitrogen functional groups attached to an aromatic ring is 1. The van der Waals surface area contributed by atoms with Crippen molar-refractivity contribution in [3.05, 3.63) is 23.8 Å². The number of phenols is 1.